The van der Waals surface area contributed by atoms with Crippen molar-refractivity contribution in [1.29, 1.82) is 0 Å². The standard InChI is InChI=1S/C26H24BrN3O6/c1-3-35-21-10-8-18(9-11-21)25(32)28-16-24(31)30-29-15-17-7-12-22(23(13-17)34-2)36-26(33)19-5-4-6-20(27)14-19/h4-15H,3,16H2,1-2H3,(H,28,32)(H,30,31)/b29-15+. The van der Waals surface area contributed by atoms with Crippen LogP contribution < -0.4 is 25.0 Å². The van der Waals surface area contributed by atoms with Gasteiger partial charge in [-0.1, -0.05) is 22.0 Å². The highest BCUT2D eigenvalue weighted by Crippen LogP contribution is 2.28. The Hall–Kier alpha value is -4.18. The number of rotatable bonds is 10. The molecule has 9 nitrogen and oxygen atoms in total. The summed E-state index contributed by atoms with van der Waals surface area (Å²) in [4.78, 5) is 36.6. The first-order valence-corrected chi connectivity index (χ1v) is 11.7. The minimum absolute atomic E-state index is 0.237. The van der Waals surface area contributed by atoms with E-state index in [-0.39, 0.29) is 12.3 Å². The Balaban J connectivity index is 1.51. The molecule has 0 bridgehead atoms. The molecule has 10 heteroatoms. The molecule has 186 valence electrons. The first-order valence-electron chi connectivity index (χ1n) is 10.9. The molecule has 0 fully saturated rings. The predicted molar refractivity (Wildman–Crippen MR) is 138 cm³/mol. The van der Waals surface area contributed by atoms with Crippen molar-refractivity contribution in [2.75, 3.05) is 20.3 Å². The molecule has 36 heavy (non-hydrogen) atoms. The summed E-state index contributed by atoms with van der Waals surface area (Å²) in [5, 5.41) is 6.41. The molecule has 0 spiro atoms. The Morgan fingerprint density at radius 1 is 0.972 bits per heavy atom. The number of carbonyl (C=O) groups excluding carboxylic acids is 3. The van der Waals surface area contributed by atoms with Gasteiger partial charge in [0.1, 0.15) is 5.75 Å². The molecule has 3 rings (SSSR count). The van der Waals surface area contributed by atoms with Gasteiger partial charge in [-0.15, -0.1) is 0 Å². The van der Waals surface area contributed by atoms with Gasteiger partial charge >= 0.3 is 5.97 Å². The number of benzene rings is 3. The lowest BCUT2D eigenvalue weighted by molar-refractivity contribution is -0.120. The maximum Gasteiger partial charge on any atom is 0.343 e. The first kappa shape index (κ1) is 26.4. The summed E-state index contributed by atoms with van der Waals surface area (Å²) in [7, 11) is 1.45. The molecule has 0 aromatic heterocycles. The molecule has 2 N–H and O–H groups in total. The van der Waals surface area contributed by atoms with Gasteiger partial charge in [0.05, 0.1) is 32.0 Å². The van der Waals surface area contributed by atoms with E-state index in [1.807, 2.05) is 6.92 Å². The third-order valence-electron chi connectivity index (χ3n) is 4.69. The Morgan fingerprint density at radius 3 is 2.44 bits per heavy atom. The Morgan fingerprint density at radius 2 is 1.75 bits per heavy atom. The fraction of sp³-hybridized carbons (Fsp3) is 0.154. The lowest BCUT2D eigenvalue weighted by Crippen LogP contribution is -2.34. The third kappa shape index (κ3) is 7.67. The quantitative estimate of drug-likeness (QED) is 0.170. The topological polar surface area (TPSA) is 115 Å². The summed E-state index contributed by atoms with van der Waals surface area (Å²) in [5.74, 6) is -0.215. The number of hydrogen-bond acceptors (Lipinski definition) is 7. The number of halogens is 1. The van der Waals surface area contributed by atoms with Gasteiger partial charge in [-0.25, -0.2) is 10.2 Å². The zero-order valence-corrected chi connectivity index (χ0v) is 21.2. The van der Waals surface area contributed by atoms with Crippen LogP contribution in [-0.2, 0) is 4.79 Å². The Bertz CT molecular complexity index is 1260. The lowest BCUT2D eigenvalue weighted by atomic mass is 10.2. The van der Waals surface area contributed by atoms with E-state index < -0.39 is 17.8 Å². The average Bonchev–Trinajstić information content (AvgIpc) is 2.88. The number of hydrazone groups is 1. The number of carbonyl (C=O) groups is 3. The minimum Gasteiger partial charge on any atom is -0.494 e. The fourth-order valence-electron chi connectivity index (χ4n) is 2.97. The van der Waals surface area contributed by atoms with Gasteiger partial charge in [0.15, 0.2) is 11.5 Å². The van der Waals surface area contributed by atoms with E-state index in [2.05, 4.69) is 31.8 Å². The van der Waals surface area contributed by atoms with Crippen molar-refractivity contribution >= 4 is 39.9 Å². The SMILES string of the molecule is CCOc1ccc(C(=O)NCC(=O)N/N=C/c2ccc(OC(=O)c3cccc(Br)c3)c(OC)c2)cc1. The maximum atomic E-state index is 12.4. The molecule has 2 amide bonds. The van der Waals surface area contributed by atoms with Crippen LogP contribution in [0.3, 0.4) is 0 Å². The smallest absolute Gasteiger partial charge is 0.343 e. The Kier molecular flexibility index (Phi) is 9.58. The van der Waals surface area contributed by atoms with Crippen LogP contribution in [0, 0.1) is 0 Å². The summed E-state index contributed by atoms with van der Waals surface area (Å²) in [6, 6.07) is 18.2. The zero-order valence-electron chi connectivity index (χ0n) is 19.6. The van der Waals surface area contributed by atoms with Crippen LogP contribution in [0.15, 0.2) is 76.3 Å². The molecular formula is C26H24BrN3O6. The van der Waals surface area contributed by atoms with Gasteiger partial charge in [0, 0.05) is 10.0 Å². The molecule has 0 radical (unpaired) electrons. The maximum absolute atomic E-state index is 12.4. The summed E-state index contributed by atoms with van der Waals surface area (Å²) >= 11 is 3.32. The highest BCUT2D eigenvalue weighted by Gasteiger charge is 2.13. The number of nitrogens with zero attached hydrogens (tertiary/aromatic N) is 1. The van der Waals surface area contributed by atoms with Crippen LogP contribution >= 0.6 is 15.9 Å². The van der Waals surface area contributed by atoms with Crippen LogP contribution in [0.1, 0.15) is 33.2 Å². The first-order chi connectivity index (χ1) is 17.4. The molecule has 0 heterocycles. The zero-order chi connectivity index (χ0) is 25.9. The molecule has 0 aliphatic heterocycles. The summed E-state index contributed by atoms with van der Waals surface area (Å²) in [6.45, 7) is 2.15. The molecule has 3 aromatic rings. The van der Waals surface area contributed by atoms with Crippen molar-refractivity contribution in [2.45, 2.75) is 6.92 Å². The van der Waals surface area contributed by atoms with E-state index in [4.69, 9.17) is 14.2 Å². The number of nitrogens with one attached hydrogen (secondary N) is 2. The number of methoxy groups -OCH3 is 1. The van der Waals surface area contributed by atoms with E-state index in [1.165, 1.54) is 13.3 Å². The number of esters is 1. The van der Waals surface area contributed by atoms with Crippen LogP contribution in [0.5, 0.6) is 17.2 Å². The molecule has 0 unspecified atom stereocenters. The molecule has 0 saturated carbocycles. The minimum atomic E-state index is -0.532. The van der Waals surface area contributed by atoms with Gasteiger partial charge in [-0.2, -0.15) is 5.10 Å². The van der Waals surface area contributed by atoms with Crippen LogP contribution in [0.2, 0.25) is 0 Å². The normalized spacial score (nSPS) is 10.5. The van der Waals surface area contributed by atoms with E-state index in [0.29, 0.717) is 34.8 Å². The van der Waals surface area contributed by atoms with Crippen molar-refractivity contribution in [2.24, 2.45) is 5.10 Å². The monoisotopic (exact) mass is 553 g/mol. The number of hydrogen-bond donors (Lipinski definition) is 2. The van der Waals surface area contributed by atoms with E-state index >= 15 is 0 Å². The van der Waals surface area contributed by atoms with Crippen molar-refractivity contribution in [3.05, 3.63) is 87.9 Å². The van der Waals surface area contributed by atoms with Crippen molar-refractivity contribution in [1.82, 2.24) is 10.7 Å². The van der Waals surface area contributed by atoms with Gasteiger partial charge in [-0.3, -0.25) is 9.59 Å². The molecule has 0 saturated heterocycles. The molecular weight excluding hydrogens is 530 g/mol. The van der Waals surface area contributed by atoms with Gasteiger partial charge < -0.3 is 19.5 Å². The van der Waals surface area contributed by atoms with E-state index in [0.717, 1.165) is 4.47 Å². The van der Waals surface area contributed by atoms with Gasteiger partial charge in [0.25, 0.3) is 11.8 Å². The van der Waals surface area contributed by atoms with Crippen molar-refractivity contribution in [3.63, 3.8) is 0 Å². The number of ether oxygens (including phenoxy) is 3. The second kappa shape index (κ2) is 13.1. The van der Waals surface area contributed by atoms with Crippen LogP contribution in [-0.4, -0.2) is 44.3 Å². The molecule has 0 aliphatic rings. The summed E-state index contributed by atoms with van der Waals surface area (Å²) < 4.78 is 16.8. The highest BCUT2D eigenvalue weighted by molar-refractivity contribution is 9.10. The second-order valence-electron chi connectivity index (χ2n) is 7.24. The van der Waals surface area contributed by atoms with Crippen LogP contribution in [0.25, 0.3) is 0 Å². The predicted octanol–water partition coefficient (Wildman–Crippen LogP) is 3.96. The third-order valence-corrected chi connectivity index (χ3v) is 5.18. The van der Waals surface area contributed by atoms with Gasteiger partial charge in [-0.05, 0) is 73.2 Å². The van der Waals surface area contributed by atoms with Gasteiger partial charge in [0.2, 0.25) is 0 Å². The fourth-order valence-corrected chi connectivity index (χ4v) is 3.37. The lowest BCUT2D eigenvalue weighted by Gasteiger charge is -2.10. The van der Waals surface area contributed by atoms with Crippen molar-refractivity contribution in [3.8, 4) is 17.2 Å². The van der Waals surface area contributed by atoms with Crippen LogP contribution in [0.4, 0.5) is 0 Å². The van der Waals surface area contributed by atoms with E-state index in [1.54, 1.807) is 66.7 Å². The molecule has 3 aromatic carbocycles. The number of amides is 2. The molecule has 0 atom stereocenters. The largest absolute Gasteiger partial charge is 0.494 e. The van der Waals surface area contributed by atoms with Crippen molar-refractivity contribution < 1.29 is 28.6 Å². The average molecular weight is 554 g/mol. The summed E-state index contributed by atoms with van der Waals surface area (Å²) in [5.41, 5.74) is 3.72. The molecule has 0 aliphatic carbocycles. The van der Waals surface area contributed by atoms with E-state index in [9.17, 15) is 14.4 Å². The Labute approximate surface area is 216 Å². The second-order valence-corrected chi connectivity index (χ2v) is 8.16. The summed E-state index contributed by atoms with van der Waals surface area (Å²) in [6.07, 6.45) is 1.40. The highest BCUT2D eigenvalue weighted by atomic mass is 79.9.